The fraction of sp³-hybridized carbons (Fsp3) is 0.222. The highest BCUT2D eigenvalue weighted by Gasteiger charge is 2.22. The first-order chi connectivity index (χ1) is 11.6. The van der Waals surface area contributed by atoms with Crippen molar-refractivity contribution in [1.82, 2.24) is 5.32 Å². The summed E-state index contributed by atoms with van der Waals surface area (Å²) in [6.07, 6.45) is 1.50. The Labute approximate surface area is 138 Å². The predicted molar refractivity (Wildman–Crippen MR) is 91.8 cm³/mol. The van der Waals surface area contributed by atoms with Gasteiger partial charge in [0.25, 0.3) is 0 Å². The maximum Gasteiger partial charge on any atom is 0.217 e. The third-order valence-electron chi connectivity index (χ3n) is 4.17. The summed E-state index contributed by atoms with van der Waals surface area (Å²) in [4.78, 5) is 26.6. The Kier molecular flexibility index (Phi) is 4.31. The number of amides is 1. The number of fused-ring (bicyclic) bond motifs is 3. The van der Waals surface area contributed by atoms with Crippen molar-refractivity contribution in [1.29, 1.82) is 0 Å². The van der Waals surface area contributed by atoms with E-state index in [1.165, 1.54) is 19.1 Å². The number of benzene rings is 1. The Morgan fingerprint density at radius 3 is 2.79 bits per heavy atom. The summed E-state index contributed by atoms with van der Waals surface area (Å²) >= 11 is 0. The monoisotopic (exact) mass is 320 g/mol. The van der Waals surface area contributed by atoms with E-state index in [1.807, 2.05) is 18.2 Å². The molecular weight excluding hydrogens is 304 g/mol. The van der Waals surface area contributed by atoms with Gasteiger partial charge in [-0.3, -0.25) is 9.59 Å². The van der Waals surface area contributed by atoms with Crippen molar-refractivity contribution in [3.05, 3.63) is 74.3 Å². The number of carbonyl (C=O) groups excluding carboxylic acids is 1. The first kappa shape index (κ1) is 15.8. The predicted octanol–water partition coefficient (Wildman–Crippen LogP) is 3.78. The maximum absolute atomic E-state index is 12.4. The van der Waals surface area contributed by atoms with Crippen LogP contribution in [-0.4, -0.2) is 5.91 Å². The van der Waals surface area contributed by atoms with Gasteiger partial charge in [0.1, 0.15) is 0 Å². The van der Waals surface area contributed by atoms with E-state index >= 15 is 0 Å². The lowest BCUT2D eigenvalue weighted by molar-refractivity contribution is -0.119. The van der Waals surface area contributed by atoms with Crippen LogP contribution >= 0.6 is 0 Å². The van der Waals surface area contributed by atoms with Crippen LogP contribution in [0.1, 0.15) is 30.5 Å². The van der Waals surface area contributed by atoms with Crippen LogP contribution in [0.25, 0.3) is 21.6 Å². The highest BCUT2D eigenvalue weighted by Crippen LogP contribution is 2.36. The van der Waals surface area contributed by atoms with Gasteiger partial charge in [-0.2, -0.15) is 0 Å². The van der Waals surface area contributed by atoms with Gasteiger partial charge in [-0.25, -0.2) is 0 Å². The van der Waals surface area contributed by atoms with Gasteiger partial charge in [-0.05, 0) is 52.8 Å². The topological polar surface area (TPSA) is 94.9 Å². The quantitative estimate of drug-likeness (QED) is 0.518. The smallest absolute Gasteiger partial charge is 0.217 e. The summed E-state index contributed by atoms with van der Waals surface area (Å²) in [5.74, 6) is -0.147. The molecule has 0 bridgehead atoms. The molecule has 0 spiro atoms. The van der Waals surface area contributed by atoms with Crippen molar-refractivity contribution in [3.63, 3.8) is 0 Å². The zero-order valence-electron chi connectivity index (χ0n) is 13.2. The van der Waals surface area contributed by atoms with Crippen LogP contribution in [0.2, 0.25) is 0 Å². The molecule has 0 aliphatic heterocycles. The molecule has 1 N–H and O–H groups in total. The number of rotatable bonds is 2. The molecule has 1 amide bonds. The van der Waals surface area contributed by atoms with Gasteiger partial charge in [-0.1, -0.05) is 35.4 Å². The highest BCUT2D eigenvalue weighted by atomic mass is 16.1. The molecule has 6 heteroatoms. The van der Waals surface area contributed by atoms with Gasteiger partial charge in [0, 0.05) is 11.8 Å². The lowest BCUT2D eigenvalue weighted by Crippen LogP contribution is -2.26. The van der Waals surface area contributed by atoms with Crippen molar-refractivity contribution >= 4 is 11.6 Å². The van der Waals surface area contributed by atoms with Gasteiger partial charge in [-0.15, -0.1) is 0 Å². The van der Waals surface area contributed by atoms with Crippen molar-refractivity contribution in [3.8, 4) is 11.1 Å². The molecule has 2 aromatic carbocycles. The van der Waals surface area contributed by atoms with Crippen LogP contribution in [-0.2, 0) is 11.2 Å². The molecule has 0 heterocycles. The molecule has 1 aliphatic carbocycles. The summed E-state index contributed by atoms with van der Waals surface area (Å²) in [6, 6.07) is 12.5. The molecule has 24 heavy (non-hydrogen) atoms. The fourth-order valence-corrected chi connectivity index (χ4v) is 3.15. The fourth-order valence-electron chi connectivity index (χ4n) is 3.15. The minimum absolute atomic E-state index is 0.0460. The molecule has 0 radical (unpaired) electrons. The van der Waals surface area contributed by atoms with Gasteiger partial charge >= 0.3 is 0 Å². The average Bonchev–Trinajstić information content (AvgIpc) is 2.79. The number of hydrogen-bond donors (Lipinski definition) is 1. The van der Waals surface area contributed by atoms with E-state index in [4.69, 9.17) is 5.53 Å². The van der Waals surface area contributed by atoms with Crippen molar-refractivity contribution in [2.45, 2.75) is 25.8 Å². The molecule has 1 atom stereocenters. The first-order valence-corrected chi connectivity index (χ1v) is 7.69. The second-order valence-electron chi connectivity index (χ2n) is 5.73. The summed E-state index contributed by atoms with van der Waals surface area (Å²) in [6.45, 7) is 1.46. The SMILES string of the molecule is CC(=O)N[C@H]1CCc2ccccc2-c2ccc(N=[N+]=[N-])c(=O)cc21. The zero-order valence-corrected chi connectivity index (χ0v) is 13.2. The van der Waals surface area contributed by atoms with E-state index in [9.17, 15) is 9.59 Å². The Morgan fingerprint density at radius 1 is 1.25 bits per heavy atom. The van der Waals surface area contributed by atoms with Gasteiger partial charge in [0.05, 0.1) is 11.7 Å². The standard InChI is InChI=1S/C18H16N4O2/c1-11(23)20-16-8-6-12-4-2-3-5-13(12)14-7-9-17(21-22-19)18(24)10-15(14)16/h2-5,7,9-10,16H,6,8H2,1H3,(H,20,23)/t16-/m0/s1. The van der Waals surface area contributed by atoms with E-state index in [-0.39, 0.29) is 23.1 Å². The molecule has 6 nitrogen and oxygen atoms in total. The Balaban J connectivity index is 2.31. The molecule has 0 fully saturated rings. The van der Waals surface area contributed by atoms with Crippen LogP contribution in [0, 0.1) is 0 Å². The second kappa shape index (κ2) is 6.56. The summed E-state index contributed by atoms with van der Waals surface area (Å²) in [7, 11) is 0. The number of nitrogens with zero attached hydrogens (tertiary/aromatic N) is 3. The second-order valence-corrected chi connectivity index (χ2v) is 5.73. The van der Waals surface area contributed by atoms with Gasteiger partial charge < -0.3 is 5.32 Å². The zero-order chi connectivity index (χ0) is 17.1. The molecule has 0 aromatic heterocycles. The Hall–Kier alpha value is -3.11. The van der Waals surface area contributed by atoms with E-state index in [1.54, 1.807) is 6.07 Å². The van der Waals surface area contributed by atoms with Crippen LogP contribution in [0.5, 0.6) is 0 Å². The number of carbonyl (C=O) groups is 1. The van der Waals surface area contributed by atoms with Gasteiger partial charge in [0.2, 0.25) is 5.91 Å². The molecular formula is C18H16N4O2. The average molecular weight is 320 g/mol. The molecule has 1 aliphatic rings. The minimum atomic E-state index is -0.358. The summed E-state index contributed by atoms with van der Waals surface area (Å²) < 4.78 is 0. The minimum Gasteiger partial charge on any atom is -0.350 e. The third kappa shape index (κ3) is 3.00. The van der Waals surface area contributed by atoms with Crippen LogP contribution in [0.15, 0.2) is 52.4 Å². The largest absolute Gasteiger partial charge is 0.350 e. The number of aryl methyl sites for hydroxylation is 1. The lowest BCUT2D eigenvalue weighted by Gasteiger charge is -2.17. The number of nitrogens with one attached hydrogen (secondary N) is 1. The molecule has 2 aromatic rings. The van der Waals surface area contributed by atoms with Gasteiger partial charge in [0.15, 0.2) is 5.43 Å². The summed E-state index contributed by atoms with van der Waals surface area (Å²) in [5, 5.41) is 6.39. The van der Waals surface area contributed by atoms with Crippen molar-refractivity contribution < 1.29 is 4.79 Å². The molecule has 0 unspecified atom stereocenters. The number of hydrogen-bond acceptors (Lipinski definition) is 3. The third-order valence-corrected chi connectivity index (χ3v) is 4.17. The number of azide groups is 1. The lowest BCUT2D eigenvalue weighted by atomic mass is 9.97. The Morgan fingerprint density at radius 2 is 2.04 bits per heavy atom. The van der Waals surface area contributed by atoms with Crippen molar-refractivity contribution in [2.75, 3.05) is 0 Å². The molecule has 3 rings (SSSR count). The molecule has 0 saturated heterocycles. The first-order valence-electron chi connectivity index (χ1n) is 7.69. The molecule has 0 saturated carbocycles. The van der Waals surface area contributed by atoms with Crippen LogP contribution in [0.4, 0.5) is 5.69 Å². The highest BCUT2D eigenvalue weighted by molar-refractivity contribution is 5.76. The van der Waals surface area contributed by atoms with Crippen LogP contribution in [0.3, 0.4) is 0 Å². The van der Waals surface area contributed by atoms with E-state index in [2.05, 4.69) is 21.4 Å². The normalized spacial score (nSPS) is 15.3. The summed E-state index contributed by atoms with van der Waals surface area (Å²) in [5.41, 5.74) is 12.1. The van der Waals surface area contributed by atoms with Crippen molar-refractivity contribution in [2.24, 2.45) is 5.11 Å². The maximum atomic E-state index is 12.4. The van der Waals surface area contributed by atoms with Crippen LogP contribution < -0.4 is 10.7 Å². The van der Waals surface area contributed by atoms with E-state index in [0.717, 1.165) is 28.7 Å². The molecule has 120 valence electrons. The van der Waals surface area contributed by atoms with E-state index in [0.29, 0.717) is 6.42 Å². The Bertz CT molecular complexity index is 917. The van der Waals surface area contributed by atoms with E-state index < -0.39 is 0 Å².